The second-order valence-corrected chi connectivity index (χ2v) is 19.0. The van der Waals surface area contributed by atoms with Crippen molar-refractivity contribution >= 4 is 68.4 Å². The van der Waals surface area contributed by atoms with E-state index in [1.165, 1.54) is 11.2 Å². The van der Waals surface area contributed by atoms with Crippen LogP contribution in [0, 0.1) is 20.8 Å². The molecule has 0 aliphatic carbocycles. The number of amides is 2. The van der Waals surface area contributed by atoms with Crippen molar-refractivity contribution in [1.82, 2.24) is 19.6 Å². The summed E-state index contributed by atoms with van der Waals surface area (Å²) in [7, 11) is -1.95. The van der Waals surface area contributed by atoms with Gasteiger partial charge >= 0.3 is 5.97 Å². The van der Waals surface area contributed by atoms with Gasteiger partial charge in [0.25, 0.3) is 0 Å². The number of nitrogens with one attached hydrogen (secondary N) is 2. The van der Waals surface area contributed by atoms with E-state index in [9.17, 15) is 23.7 Å². The quantitative estimate of drug-likeness (QED) is 0.102. The van der Waals surface area contributed by atoms with Crippen molar-refractivity contribution in [3.63, 3.8) is 0 Å². The highest BCUT2D eigenvalue weighted by Crippen LogP contribution is 2.42. The van der Waals surface area contributed by atoms with Crippen molar-refractivity contribution in [2.75, 3.05) is 11.9 Å². The summed E-state index contributed by atoms with van der Waals surface area (Å²) in [5.74, 6) is -0.511. The number of benzene rings is 4. The van der Waals surface area contributed by atoms with E-state index in [2.05, 4.69) is 20.6 Å². The van der Waals surface area contributed by atoms with E-state index in [1.54, 1.807) is 25.3 Å². The topological polar surface area (TPSA) is 169 Å². The molecule has 3 unspecified atom stereocenters. The average molecular weight is 941 g/mol. The van der Waals surface area contributed by atoms with Crippen LogP contribution in [0.15, 0.2) is 95.3 Å². The van der Waals surface area contributed by atoms with E-state index in [0.717, 1.165) is 56.0 Å². The molecule has 2 aromatic heterocycles. The van der Waals surface area contributed by atoms with Crippen LogP contribution in [0.3, 0.4) is 0 Å². The van der Waals surface area contributed by atoms with Gasteiger partial charge in [0, 0.05) is 31.8 Å². The average Bonchev–Trinajstić information content (AvgIpc) is 3.64. The Morgan fingerprint density at radius 2 is 1.67 bits per heavy atom. The maximum absolute atomic E-state index is 14.6. The molecule has 0 spiro atoms. The zero-order valence-electron chi connectivity index (χ0n) is 35.1. The molecule has 6 aromatic rings. The third-order valence-electron chi connectivity index (χ3n) is 11.1. The fourth-order valence-electron chi connectivity index (χ4n) is 7.60. The smallest absolute Gasteiger partial charge is 0.326 e. The highest BCUT2D eigenvalue weighted by Gasteiger charge is 2.39. The first-order valence-corrected chi connectivity index (χ1v) is 23.0. The summed E-state index contributed by atoms with van der Waals surface area (Å²) in [4.78, 5) is 47.6. The normalized spacial score (nSPS) is 16.6. The molecule has 0 saturated heterocycles. The van der Waals surface area contributed by atoms with Gasteiger partial charge in [0.15, 0.2) is 22.7 Å². The molecule has 0 bridgehead atoms. The number of hydrogen-bond donors (Lipinski definition) is 3. The lowest BCUT2D eigenvalue weighted by atomic mass is 9.93. The molecule has 4 heterocycles. The van der Waals surface area contributed by atoms with Crippen molar-refractivity contribution in [3.05, 3.63) is 146 Å². The minimum Gasteiger partial charge on any atom is -0.489 e. The molecule has 0 saturated carbocycles. The lowest BCUT2D eigenvalue weighted by molar-refractivity contribution is -0.142. The number of aromatic nitrogens is 2. The molecule has 64 heavy (non-hydrogen) atoms. The van der Waals surface area contributed by atoms with E-state index >= 15 is 0 Å². The molecule has 2 amide bonds. The van der Waals surface area contributed by atoms with Gasteiger partial charge in [-0.2, -0.15) is 0 Å². The first-order chi connectivity index (χ1) is 30.7. The van der Waals surface area contributed by atoms with E-state index < -0.39 is 41.0 Å². The molecule has 330 valence electrons. The van der Waals surface area contributed by atoms with E-state index in [-0.39, 0.29) is 37.0 Å². The molecule has 4 aromatic carbocycles. The third-order valence-corrected chi connectivity index (χ3v) is 14.8. The number of fused-ring (bicyclic) bond motifs is 2. The predicted octanol–water partition coefficient (Wildman–Crippen LogP) is 8.75. The minimum absolute atomic E-state index is 0.0183. The van der Waals surface area contributed by atoms with Crippen LogP contribution in [0.4, 0.5) is 5.13 Å². The van der Waals surface area contributed by atoms with Gasteiger partial charge < -0.3 is 30.0 Å². The molecule has 2 aliphatic rings. The molecule has 13 nitrogen and oxygen atoms in total. The molecule has 0 fully saturated rings. The number of aliphatic carboxylic acids is 1. The van der Waals surface area contributed by atoms with E-state index in [4.69, 9.17) is 37.4 Å². The first kappa shape index (κ1) is 44.8. The Hall–Kier alpha value is -5.84. The summed E-state index contributed by atoms with van der Waals surface area (Å²) in [5, 5.41) is 17.0. The third kappa shape index (κ3) is 9.93. The van der Waals surface area contributed by atoms with Crippen LogP contribution in [0.2, 0.25) is 10.0 Å². The maximum atomic E-state index is 14.6. The zero-order chi connectivity index (χ0) is 45.2. The summed E-state index contributed by atoms with van der Waals surface area (Å²) < 4.78 is 35.1. The molecule has 17 heteroatoms. The highest BCUT2D eigenvalue weighted by atomic mass is 35.5. The number of carbonyl (C=O) groups excluding carboxylic acids is 2. The fourth-order valence-corrected chi connectivity index (χ4v) is 10.6. The Kier molecular flexibility index (Phi) is 13.4. The van der Waals surface area contributed by atoms with Crippen molar-refractivity contribution in [1.29, 1.82) is 0 Å². The number of carboxylic acids is 1. The first-order valence-electron chi connectivity index (χ1n) is 20.3. The zero-order valence-corrected chi connectivity index (χ0v) is 38.3. The summed E-state index contributed by atoms with van der Waals surface area (Å²) in [5.41, 5.74) is 8.37. The number of thiazole rings is 1. The van der Waals surface area contributed by atoms with Crippen LogP contribution in [-0.4, -0.2) is 60.1 Å². The second kappa shape index (κ2) is 19.1. The van der Waals surface area contributed by atoms with Crippen molar-refractivity contribution < 1.29 is 37.9 Å². The number of ether oxygens (including phenoxy) is 3. The Labute approximate surface area is 386 Å². The summed E-state index contributed by atoms with van der Waals surface area (Å²) >= 11 is 13.3. The van der Waals surface area contributed by atoms with Crippen molar-refractivity contribution in [3.8, 4) is 28.4 Å². The summed E-state index contributed by atoms with van der Waals surface area (Å²) in [6.45, 7) is 7.57. The van der Waals surface area contributed by atoms with Gasteiger partial charge in [-0.3, -0.25) is 14.6 Å². The molecular weight excluding hydrogens is 898 g/mol. The lowest BCUT2D eigenvalue weighted by Gasteiger charge is -2.36. The van der Waals surface area contributed by atoms with Gasteiger partial charge in [0.05, 0.1) is 15.7 Å². The molecule has 8 rings (SSSR count). The Balaban J connectivity index is 1.01. The Bertz CT molecular complexity index is 2790. The number of carbonyl (C=O) groups is 3. The number of rotatable bonds is 13. The summed E-state index contributed by atoms with van der Waals surface area (Å²) in [6, 6.07) is 23.7. The second-order valence-electron chi connectivity index (χ2n) is 15.6. The maximum Gasteiger partial charge on any atom is 0.326 e. The number of pyridine rings is 1. The van der Waals surface area contributed by atoms with Crippen LogP contribution in [0.25, 0.3) is 11.1 Å². The predicted molar refractivity (Wildman–Crippen MR) is 246 cm³/mol. The number of carboxylic acid groups (broad SMARTS) is 1. The molecule has 2 aliphatic heterocycles. The van der Waals surface area contributed by atoms with E-state index in [0.29, 0.717) is 49.4 Å². The SMILES string of the molecule is CC(=O)Nc1nc(C)c(S(=O)N2Cc3cc4c(cc3CC2C(=O)N[C@@H](Cc2ccc(-c3ccnc(C)c3C)cc2)C(=O)O)OCC(c2ccc(OCc3ccc(Cl)c(Cl)c3)cc2)O4)s1. The van der Waals surface area contributed by atoms with Crippen molar-refractivity contribution in [2.24, 2.45) is 0 Å². The summed E-state index contributed by atoms with van der Waals surface area (Å²) in [6.07, 6.45) is 1.43. The number of aryl methyl sites for hydroxylation is 2. The molecule has 3 N–H and O–H groups in total. The highest BCUT2D eigenvalue weighted by molar-refractivity contribution is 7.85. The molecule has 0 radical (unpaired) electrons. The number of nitrogens with zero attached hydrogens (tertiary/aromatic N) is 3. The Morgan fingerprint density at radius 3 is 2.39 bits per heavy atom. The van der Waals surface area contributed by atoms with Gasteiger partial charge in [0.1, 0.15) is 46.2 Å². The van der Waals surface area contributed by atoms with Gasteiger partial charge in [-0.05, 0) is 114 Å². The molecule has 4 atom stereocenters. The van der Waals surface area contributed by atoms with Gasteiger partial charge in [-0.25, -0.2) is 18.3 Å². The van der Waals surface area contributed by atoms with Gasteiger partial charge in [-0.15, -0.1) is 0 Å². The fraction of sp³-hybridized carbons (Fsp3) is 0.255. The van der Waals surface area contributed by atoms with Crippen LogP contribution >= 0.6 is 34.5 Å². The monoisotopic (exact) mass is 939 g/mol. The standard InChI is InChI=1S/C47H43Cl2N5O8S2/c1-25-26(2)50-16-15-36(25)31-8-5-29(6-9-31)18-39(45(57)58)53-44(56)40-19-33-20-41-42(21-34(33)22-54(40)64(59)46-27(3)51-47(63-46)52-28(4)55)62-43(24-61-41)32-10-12-35(13-11-32)60-23-30-7-14-37(48)38(49)17-30/h5-17,20-21,39-40,43H,18-19,22-24H2,1-4H3,(H,53,56)(H,57,58)(H,51,52,55)/t39-,40?,43?,64?/m0/s1. The van der Waals surface area contributed by atoms with Crippen LogP contribution in [-0.2, 0) is 51.4 Å². The van der Waals surface area contributed by atoms with Crippen LogP contribution in [0.1, 0.15) is 57.8 Å². The number of halogens is 2. The van der Waals surface area contributed by atoms with Gasteiger partial charge in [0.2, 0.25) is 11.8 Å². The molecular formula is C47H43Cl2N5O8S2. The van der Waals surface area contributed by atoms with Crippen molar-refractivity contribution in [2.45, 2.75) is 76.1 Å². The van der Waals surface area contributed by atoms with Crippen LogP contribution in [0.5, 0.6) is 17.2 Å². The number of anilines is 1. The lowest BCUT2D eigenvalue weighted by Crippen LogP contribution is -2.54. The van der Waals surface area contributed by atoms with Gasteiger partial charge in [-0.1, -0.05) is 77.0 Å². The van der Waals surface area contributed by atoms with Crippen LogP contribution < -0.4 is 24.8 Å². The van der Waals surface area contributed by atoms with E-state index in [1.807, 2.05) is 86.6 Å². The Morgan fingerprint density at radius 1 is 0.938 bits per heavy atom. The minimum atomic E-state index is -1.95. The number of hydrogen-bond acceptors (Lipinski definition) is 10. The largest absolute Gasteiger partial charge is 0.489 e.